The summed E-state index contributed by atoms with van der Waals surface area (Å²) in [6.45, 7) is -0.580. The molecule has 0 radical (unpaired) electrons. The van der Waals surface area contributed by atoms with Crippen LogP contribution < -0.4 is 14.7 Å². The summed E-state index contributed by atoms with van der Waals surface area (Å²) >= 11 is 12.3. The maximum atomic E-state index is 6.14. The first kappa shape index (κ1) is 11.7. The molecule has 0 unspecified atom stereocenters. The second kappa shape index (κ2) is 4.42. The Bertz CT molecular complexity index is 323. The summed E-state index contributed by atoms with van der Waals surface area (Å²) in [5.74, 6) is 1.29. The molecule has 0 spiro atoms. The fraction of sp³-hybridized carbons (Fsp3) is 0.333. The van der Waals surface area contributed by atoms with Gasteiger partial charge >= 0.3 is 0 Å². The molecule has 5 heteroatoms. The van der Waals surface area contributed by atoms with E-state index in [1.54, 1.807) is 14.2 Å². The van der Waals surface area contributed by atoms with Crippen molar-refractivity contribution in [3.63, 3.8) is 0 Å². The first-order valence-corrected chi connectivity index (χ1v) is 8.62. The van der Waals surface area contributed by atoms with Gasteiger partial charge in [0.15, 0.2) is 11.5 Å². The molecule has 1 aromatic rings. The van der Waals surface area contributed by atoms with Crippen molar-refractivity contribution in [3.05, 3.63) is 18.2 Å². The van der Waals surface area contributed by atoms with Crippen LogP contribution in [0.1, 0.15) is 0 Å². The van der Waals surface area contributed by atoms with E-state index in [0.717, 1.165) is 5.19 Å². The highest BCUT2D eigenvalue weighted by Gasteiger charge is 2.29. The van der Waals surface area contributed by atoms with Crippen molar-refractivity contribution in [2.24, 2.45) is 0 Å². The van der Waals surface area contributed by atoms with Gasteiger partial charge in [-0.3, -0.25) is 0 Å². The molecule has 0 saturated carbocycles. The highest BCUT2D eigenvalue weighted by molar-refractivity contribution is 7.50. The van der Waals surface area contributed by atoms with E-state index in [0.29, 0.717) is 11.5 Å². The lowest BCUT2D eigenvalue weighted by molar-refractivity contribution is 0.357. The van der Waals surface area contributed by atoms with Crippen LogP contribution in [0.3, 0.4) is 0 Å². The molecule has 0 saturated heterocycles. The average Bonchev–Trinajstić information content (AvgIpc) is 2.15. The van der Waals surface area contributed by atoms with E-state index in [1.807, 2.05) is 24.7 Å². The highest BCUT2D eigenvalue weighted by Crippen LogP contribution is 2.29. The van der Waals surface area contributed by atoms with E-state index < -0.39 is 6.69 Å². The molecule has 1 rings (SSSR count). The lowest BCUT2D eigenvalue weighted by Gasteiger charge is -2.17. The van der Waals surface area contributed by atoms with Crippen molar-refractivity contribution in [1.82, 2.24) is 0 Å². The summed E-state index contributed by atoms with van der Waals surface area (Å²) in [7, 11) is 3.16. The minimum absolute atomic E-state index is 0.633. The van der Waals surface area contributed by atoms with Crippen LogP contribution in [0.15, 0.2) is 18.2 Å². The number of benzene rings is 1. The van der Waals surface area contributed by atoms with Crippen molar-refractivity contribution >= 4 is 34.0 Å². The van der Waals surface area contributed by atoms with Gasteiger partial charge < -0.3 is 9.47 Å². The predicted octanol–water partition coefficient (Wildman–Crippen LogP) is 2.46. The van der Waals surface area contributed by atoms with Crippen molar-refractivity contribution in [2.75, 3.05) is 14.2 Å². The largest absolute Gasteiger partial charge is 0.493 e. The lowest BCUT2D eigenvalue weighted by atomic mass is 10.3. The Kier molecular flexibility index (Phi) is 3.69. The average molecular weight is 251 g/mol. The van der Waals surface area contributed by atoms with Gasteiger partial charge in [0.2, 0.25) is 0 Å². The van der Waals surface area contributed by atoms with Crippen LogP contribution in [0.2, 0.25) is 6.55 Å². The van der Waals surface area contributed by atoms with E-state index in [-0.39, 0.29) is 0 Å². The van der Waals surface area contributed by atoms with Crippen LogP contribution in [0.25, 0.3) is 0 Å². The number of halogens is 2. The normalized spacial score (nSPS) is 11.2. The third kappa shape index (κ3) is 2.35. The maximum Gasteiger partial charge on any atom is 0.281 e. The number of rotatable bonds is 3. The Balaban J connectivity index is 3.29. The van der Waals surface area contributed by atoms with Crippen LogP contribution in [0.4, 0.5) is 0 Å². The van der Waals surface area contributed by atoms with Crippen LogP contribution in [-0.2, 0) is 0 Å². The molecule has 0 aliphatic rings. The first-order valence-electron chi connectivity index (χ1n) is 4.10. The number of para-hydroxylation sites is 1. The maximum absolute atomic E-state index is 6.14. The van der Waals surface area contributed by atoms with Gasteiger partial charge in [0, 0.05) is 5.19 Å². The SMILES string of the molecule is COc1cccc([Si](C)(Cl)Cl)c1OC. The fourth-order valence-electron chi connectivity index (χ4n) is 1.23. The minimum Gasteiger partial charge on any atom is -0.493 e. The molecule has 0 aromatic heterocycles. The zero-order valence-corrected chi connectivity index (χ0v) is 10.8. The van der Waals surface area contributed by atoms with Crippen molar-refractivity contribution in [3.8, 4) is 11.5 Å². The Labute approximate surface area is 94.2 Å². The lowest BCUT2D eigenvalue weighted by Crippen LogP contribution is -2.33. The predicted molar refractivity (Wildman–Crippen MR) is 62.5 cm³/mol. The molecule has 0 fully saturated rings. The van der Waals surface area contributed by atoms with Gasteiger partial charge in [-0.2, -0.15) is 0 Å². The molecule has 14 heavy (non-hydrogen) atoms. The number of hydrogen-bond donors (Lipinski definition) is 0. The van der Waals surface area contributed by atoms with Crippen molar-refractivity contribution < 1.29 is 9.47 Å². The number of methoxy groups -OCH3 is 2. The molecule has 0 amide bonds. The van der Waals surface area contributed by atoms with Gasteiger partial charge in [0.25, 0.3) is 6.69 Å². The quantitative estimate of drug-likeness (QED) is 0.607. The molecular weight excluding hydrogens is 239 g/mol. The van der Waals surface area contributed by atoms with Crippen LogP contribution in [0.5, 0.6) is 11.5 Å². The summed E-state index contributed by atoms with van der Waals surface area (Å²) < 4.78 is 10.4. The van der Waals surface area contributed by atoms with Crippen LogP contribution in [0, 0.1) is 0 Å². The van der Waals surface area contributed by atoms with Gasteiger partial charge in [0.1, 0.15) is 0 Å². The molecule has 0 heterocycles. The summed E-state index contributed by atoms with van der Waals surface area (Å²) in [4.78, 5) is 0. The summed E-state index contributed by atoms with van der Waals surface area (Å²) in [5.41, 5.74) is 0. The van der Waals surface area contributed by atoms with Gasteiger partial charge in [-0.25, -0.2) is 0 Å². The van der Waals surface area contributed by atoms with Gasteiger partial charge in [-0.1, -0.05) is 12.1 Å². The Hall–Kier alpha value is -0.383. The molecule has 78 valence electrons. The van der Waals surface area contributed by atoms with Crippen molar-refractivity contribution in [2.45, 2.75) is 6.55 Å². The zero-order valence-electron chi connectivity index (χ0n) is 8.30. The monoisotopic (exact) mass is 250 g/mol. The minimum atomic E-state index is -2.41. The van der Waals surface area contributed by atoms with E-state index in [9.17, 15) is 0 Å². The molecule has 0 bridgehead atoms. The zero-order chi connectivity index (χ0) is 10.8. The van der Waals surface area contributed by atoms with Crippen molar-refractivity contribution in [1.29, 1.82) is 0 Å². The number of hydrogen-bond acceptors (Lipinski definition) is 2. The Morgan fingerprint density at radius 2 is 1.79 bits per heavy atom. The fourth-order valence-corrected chi connectivity index (χ4v) is 3.14. The smallest absolute Gasteiger partial charge is 0.281 e. The van der Waals surface area contributed by atoms with E-state index in [4.69, 9.17) is 31.6 Å². The van der Waals surface area contributed by atoms with Crippen LogP contribution in [-0.4, -0.2) is 20.9 Å². The Morgan fingerprint density at radius 1 is 1.14 bits per heavy atom. The summed E-state index contributed by atoms with van der Waals surface area (Å²) in [6.07, 6.45) is 0. The first-order chi connectivity index (χ1) is 6.50. The second-order valence-corrected chi connectivity index (χ2v) is 10.4. The second-order valence-electron chi connectivity index (χ2n) is 2.93. The van der Waals surface area contributed by atoms with E-state index in [1.165, 1.54) is 0 Å². The van der Waals surface area contributed by atoms with Gasteiger partial charge in [-0.15, -0.1) is 22.2 Å². The molecule has 0 atom stereocenters. The van der Waals surface area contributed by atoms with Gasteiger partial charge in [0.05, 0.1) is 14.2 Å². The molecule has 0 aliphatic heterocycles. The molecule has 1 aromatic carbocycles. The van der Waals surface area contributed by atoms with Crippen LogP contribution >= 0.6 is 22.2 Å². The molecule has 0 N–H and O–H groups in total. The van der Waals surface area contributed by atoms with E-state index >= 15 is 0 Å². The summed E-state index contributed by atoms with van der Waals surface area (Å²) in [5, 5.41) is 0.836. The molecule has 0 aliphatic carbocycles. The van der Waals surface area contributed by atoms with E-state index in [2.05, 4.69) is 0 Å². The third-order valence-electron chi connectivity index (χ3n) is 1.88. The standard InChI is InChI=1S/C9H12Cl2O2Si/c1-12-7-5-4-6-8(9(7)13-2)14(3,10)11/h4-6H,1-3H3. The molecular formula is C9H12Cl2O2Si. The third-order valence-corrected chi connectivity index (χ3v) is 4.44. The topological polar surface area (TPSA) is 18.5 Å². The summed E-state index contributed by atoms with van der Waals surface area (Å²) in [6, 6.07) is 5.54. The highest BCUT2D eigenvalue weighted by atomic mass is 35.7. The Morgan fingerprint density at radius 3 is 2.21 bits per heavy atom. The van der Waals surface area contributed by atoms with Gasteiger partial charge in [-0.05, 0) is 12.6 Å². The number of ether oxygens (including phenoxy) is 2. The molecule has 2 nitrogen and oxygen atoms in total.